The highest BCUT2D eigenvalue weighted by Gasteiger charge is 2.03. The Morgan fingerprint density at radius 2 is 1.74 bits per heavy atom. The van der Waals surface area contributed by atoms with E-state index in [1.54, 1.807) is 0 Å². The van der Waals surface area contributed by atoms with Gasteiger partial charge >= 0.3 is 0 Å². The van der Waals surface area contributed by atoms with Gasteiger partial charge < -0.3 is 4.90 Å². The Kier molecular flexibility index (Phi) is 3.59. The van der Waals surface area contributed by atoms with E-state index in [4.69, 9.17) is 0 Å². The van der Waals surface area contributed by atoms with Crippen LogP contribution < -0.4 is 10.6 Å². The van der Waals surface area contributed by atoms with Crippen LogP contribution in [0.25, 0.3) is 6.20 Å². The zero-order valence-corrected chi connectivity index (χ0v) is 11.0. The molecule has 0 aromatic heterocycles. The second-order valence-corrected chi connectivity index (χ2v) is 4.84. The number of hydrogen-bond donors (Lipinski definition) is 0. The lowest BCUT2D eigenvalue weighted by molar-refractivity contribution is 0.427. The molecule has 0 unspecified atom stereocenters. The molecule has 1 aliphatic rings. The van der Waals surface area contributed by atoms with Crippen LogP contribution in [-0.4, -0.2) is 24.5 Å². The first-order valence-corrected chi connectivity index (χ1v) is 6.81. The number of benzene rings is 2. The maximum absolute atomic E-state index is 4.62. The predicted octanol–water partition coefficient (Wildman–Crippen LogP) is 1.60. The van der Waals surface area contributed by atoms with Crippen molar-refractivity contribution in [2.45, 2.75) is 6.42 Å². The summed E-state index contributed by atoms with van der Waals surface area (Å²) in [5.41, 5.74) is 1.39. The van der Waals surface area contributed by atoms with E-state index in [0.717, 1.165) is 31.4 Å². The van der Waals surface area contributed by atoms with Gasteiger partial charge in [-0.15, -0.1) is 0 Å². The minimum Gasteiger partial charge on any atom is -0.375 e. The summed E-state index contributed by atoms with van der Waals surface area (Å²) in [5, 5.41) is 2.35. The Balaban J connectivity index is 1.76. The van der Waals surface area contributed by atoms with Crippen LogP contribution in [0.1, 0.15) is 5.56 Å². The molecule has 0 amide bonds. The van der Waals surface area contributed by atoms with E-state index >= 15 is 0 Å². The molecule has 0 fully saturated rings. The zero-order valence-electron chi connectivity index (χ0n) is 11.0. The Bertz CT molecular complexity index is 646. The molecule has 0 aliphatic carbocycles. The van der Waals surface area contributed by atoms with Gasteiger partial charge in [0.1, 0.15) is 0 Å². The first-order valence-electron chi connectivity index (χ1n) is 6.81. The van der Waals surface area contributed by atoms with E-state index in [-0.39, 0.29) is 0 Å². The van der Waals surface area contributed by atoms with Gasteiger partial charge in [-0.3, -0.25) is 4.99 Å². The Hall–Kier alpha value is -2.09. The highest BCUT2D eigenvalue weighted by Crippen LogP contribution is 2.02. The molecule has 96 valence electrons. The summed E-state index contributed by atoms with van der Waals surface area (Å²) in [6.07, 6.45) is 3.33. The molecular formula is C17H18N2. The van der Waals surface area contributed by atoms with Crippen LogP contribution in [0.4, 0.5) is 0 Å². The number of hydrogen-bond acceptors (Lipinski definition) is 2. The second-order valence-electron chi connectivity index (χ2n) is 4.84. The lowest BCUT2D eigenvalue weighted by Gasteiger charge is -2.18. The number of rotatable bonds is 3. The SMILES string of the molecule is C1=c2ccccc2=NCCN1CCc1ccccc1. The third-order valence-electron chi connectivity index (χ3n) is 3.46. The average molecular weight is 250 g/mol. The van der Waals surface area contributed by atoms with Gasteiger partial charge in [0.2, 0.25) is 0 Å². The molecule has 0 bridgehead atoms. The standard InChI is InChI=1S/C17H18N2/c1-2-6-15(7-3-1)10-12-19-13-11-18-17-9-5-4-8-16(17)14-19/h1-9,14H,10-13H2. The number of fused-ring (bicyclic) bond motifs is 1. The molecule has 0 spiro atoms. The molecule has 1 heterocycles. The molecule has 2 nitrogen and oxygen atoms in total. The first kappa shape index (κ1) is 12.0. The molecule has 2 heteroatoms. The predicted molar refractivity (Wildman–Crippen MR) is 78.3 cm³/mol. The van der Waals surface area contributed by atoms with Crippen LogP contribution in [0, 0.1) is 0 Å². The molecule has 2 aromatic carbocycles. The average Bonchev–Trinajstić information content (AvgIpc) is 2.68. The summed E-state index contributed by atoms with van der Waals surface area (Å²) < 4.78 is 0. The van der Waals surface area contributed by atoms with E-state index in [0.29, 0.717) is 0 Å². The number of para-hydroxylation sites is 1. The molecule has 3 rings (SSSR count). The fraction of sp³-hybridized carbons (Fsp3) is 0.235. The largest absolute Gasteiger partial charge is 0.375 e. The summed E-state index contributed by atoms with van der Waals surface area (Å²) in [6, 6.07) is 19.0. The normalized spacial score (nSPS) is 14.0. The van der Waals surface area contributed by atoms with Crippen molar-refractivity contribution in [2.75, 3.05) is 19.6 Å². The van der Waals surface area contributed by atoms with Crippen LogP contribution in [0.5, 0.6) is 0 Å². The fourth-order valence-corrected chi connectivity index (χ4v) is 2.39. The van der Waals surface area contributed by atoms with Crippen molar-refractivity contribution in [3.8, 4) is 0 Å². The quantitative estimate of drug-likeness (QED) is 0.808. The van der Waals surface area contributed by atoms with Gasteiger partial charge in [-0.25, -0.2) is 0 Å². The molecule has 0 saturated heterocycles. The van der Waals surface area contributed by atoms with E-state index < -0.39 is 0 Å². The maximum Gasteiger partial charge on any atom is 0.0661 e. The smallest absolute Gasteiger partial charge is 0.0661 e. The van der Waals surface area contributed by atoms with Crippen molar-refractivity contribution in [3.05, 3.63) is 70.7 Å². The lowest BCUT2D eigenvalue weighted by atomic mass is 10.1. The van der Waals surface area contributed by atoms with E-state index in [2.05, 4.69) is 70.7 Å². The van der Waals surface area contributed by atoms with E-state index in [1.807, 2.05) is 0 Å². The van der Waals surface area contributed by atoms with Crippen molar-refractivity contribution in [1.82, 2.24) is 4.90 Å². The van der Waals surface area contributed by atoms with Crippen molar-refractivity contribution in [3.63, 3.8) is 0 Å². The summed E-state index contributed by atoms with van der Waals surface area (Å²) in [6.45, 7) is 2.93. The monoisotopic (exact) mass is 250 g/mol. The van der Waals surface area contributed by atoms with Gasteiger partial charge in [-0.2, -0.15) is 0 Å². The van der Waals surface area contributed by atoms with Crippen LogP contribution in [0.2, 0.25) is 0 Å². The van der Waals surface area contributed by atoms with Gasteiger partial charge in [0.05, 0.1) is 11.9 Å². The van der Waals surface area contributed by atoms with Gasteiger partial charge in [0.15, 0.2) is 0 Å². The molecule has 19 heavy (non-hydrogen) atoms. The molecule has 0 radical (unpaired) electrons. The second kappa shape index (κ2) is 5.70. The first-order chi connectivity index (χ1) is 9.42. The molecule has 0 atom stereocenters. The van der Waals surface area contributed by atoms with Crippen molar-refractivity contribution >= 4 is 6.20 Å². The third-order valence-corrected chi connectivity index (χ3v) is 3.46. The Morgan fingerprint density at radius 3 is 2.63 bits per heavy atom. The van der Waals surface area contributed by atoms with Gasteiger partial charge in [-0.05, 0) is 18.1 Å². The van der Waals surface area contributed by atoms with Gasteiger partial charge in [0, 0.05) is 24.5 Å². The van der Waals surface area contributed by atoms with E-state index in [1.165, 1.54) is 10.8 Å². The van der Waals surface area contributed by atoms with Crippen LogP contribution in [0.3, 0.4) is 0 Å². The molecule has 1 aliphatic heterocycles. The molecule has 0 N–H and O–H groups in total. The van der Waals surface area contributed by atoms with Gasteiger partial charge in [0.25, 0.3) is 0 Å². The zero-order chi connectivity index (χ0) is 12.9. The molecule has 0 saturated carbocycles. The van der Waals surface area contributed by atoms with Gasteiger partial charge in [-0.1, -0.05) is 48.5 Å². The minimum absolute atomic E-state index is 0.877. The minimum atomic E-state index is 0.877. The highest BCUT2D eigenvalue weighted by molar-refractivity contribution is 5.24. The Morgan fingerprint density at radius 1 is 0.947 bits per heavy atom. The molecular weight excluding hydrogens is 232 g/mol. The Labute approximate surface area is 113 Å². The van der Waals surface area contributed by atoms with Crippen LogP contribution in [0.15, 0.2) is 59.6 Å². The van der Waals surface area contributed by atoms with Crippen molar-refractivity contribution in [2.24, 2.45) is 4.99 Å². The fourth-order valence-electron chi connectivity index (χ4n) is 2.39. The third kappa shape index (κ3) is 3.02. The van der Waals surface area contributed by atoms with Crippen LogP contribution >= 0.6 is 0 Å². The van der Waals surface area contributed by atoms with E-state index in [9.17, 15) is 0 Å². The summed E-state index contributed by atoms with van der Waals surface area (Å²) in [4.78, 5) is 7.00. The summed E-state index contributed by atoms with van der Waals surface area (Å²) in [5.74, 6) is 0. The molecule has 2 aromatic rings. The van der Waals surface area contributed by atoms with Crippen LogP contribution in [-0.2, 0) is 6.42 Å². The summed E-state index contributed by atoms with van der Waals surface area (Å²) >= 11 is 0. The topological polar surface area (TPSA) is 15.6 Å². The summed E-state index contributed by atoms with van der Waals surface area (Å²) in [7, 11) is 0. The lowest BCUT2D eigenvalue weighted by Crippen LogP contribution is -2.27. The highest BCUT2D eigenvalue weighted by atomic mass is 15.1. The maximum atomic E-state index is 4.62. The van der Waals surface area contributed by atoms with Crippen molar-refractivity contribution < 1.29 is 0 Å². The number of nitrogens with zero attached hydrogens (tertiary/aromatic N) is 2. The van der Waals surface area contributed by atoms with Crippen molar-refractivity contribution in [1.29, 1.82) is 0 Å².